The Labute approximate surface area is 112 Å². The highest BCUT2D eigenvalue weighted by atomic mass is 79.9. The molecular weight excluding hydrogens is 307 g/mol. The first-order valence-corrected chi connectivity index (χ1v) is 6.42. The highest BCUT2D eigenvalue weighted by Crippen LogP contribution is 2.35. The number of likely N-dealkylation sites (N-methyl/N-ethyl adjacent to an activating group) is 1. The summed E-state index contributed by atoms with van der Waals surface area (Å²) < 4.78 is 38.8. The zero-order valence-corrected chi connectivity index (χ0v) is 11.5. The molecule has 0 unspecified atom stereocenters. The normalized spacial score (nSPS) is 17.7. The Morgan fingerprint density at radius 1 is 1.28 bits per heavy atom. The van der Waals surface area contributed by atoms with Crippen molar-refractivity contribution in [2.75, 3.05) is 20.1 Å². The Balaban J connectivity index is 2.41. The van der Waals surface area contributed by atoms with Gasteiger partial charge in [-0.15, -0.1) is 0 Å². The van der Waals surface area contributed by atoms with Gasteiger partial charge in [0.05, 0.1) is 5.56 Å². The van der Waals surface area contributed by atoms with E-state index in [0.29, 0.717) is 16.6 Å². The third-order valence-corrected chi connectivity index (χ3v) is 3.67. The largest absolute Gasteiger partial charge is 0.416 e. The van der Waals surface area contributed by atoms with Crippen LogP contribution in [0.1, 0.15) is 17.5 Å². The molecule has 18 heavy (non-hydrogen) atoms. The summed E-state index contributed by atoms with van der Waals surface area (Å²) in [6.45, 7) is 1.62. The topological polar surface area (TPSA) is 3.24 Å². The van der Waals surface area contributed by atoms with Crippen LogP contribution in [-0.2, 0) is 6.18 Å². The minimum atomic E-state index is -4.30. The van der Waals surface area contributed by atoms with Crippen molar-refractivity contribution in [3.05, 3.63) is 39.9 Å². The average Bonchev–Trinajstić information content (AvgIpc) is 2.28. The van der Waals surface area contributed by atoms with Gasteiger partial charge in [-0.05, 0) is 42.8 Å². The fraction of sp³-hybridized carbons (Fsp3) is 0.385. The molecule has 0 fully saturated rings. The van der Waals surface area contributed by atoms with E-state index >= 15 is 0 Å². The lowest BCUT2D eigenvalue weighted by Crippen LogP contribution is -2.25. The van der Waals surface area contributed by atoms with Crippen molar-refractivity contribution in [3.63, 3.8) is 0 Å². The standard InChI is InChI=1S/C13H13BrF3N/c1-18-6-2-3-9(8-18)11-7-10(13(15,16)17)4-5-12(11)14/h3-5,7H,2,6,8H2,1H3. The summed E-state index contributed by atoms with van der Waals surface area (Å²) in [5.41, 5.74) is 0.980. The number of rotatable bonds is 1. The van der Waals surface area contributed by atoms with E-state index in [9.17, 15) is 13.2 Å². The molecule has 5 heteroatoms. The van der Waals surface area contributed by atoms with Gasteiger partial charge in [0.2, 0.25) is 0 Å². The molecule has 0 spiro atoms. The lowest BCUT2D eigenvalue weighted by molar-refractivity contribution is -0.137. The first kappa shape index (κ1) is 13.6. The van der Waals surface area contributed by atoms with Crippen molar-refractivity contribution in [3.8, 4) is 0 Å². The molecule has 1 aromatic rings. The summed E-state index contributed by atoms with van der Waals surface area (Å²) in [6, 6.07) is 3.78. The fourth-order valence-electron chi connectivity index (χ4n) is 2.04. The van der Waals surface area contributed by atoms with Crippen LogP contribution in [-0.4, -0.2) is 25.0 Å². The van der Waals surface area contributed by atoms with Crippen molar-refractivity contribution < 1.29 is 13.2 Å². The zero-order chi connectivity index (χ0) is 13.3. The quantitative estimate of drug-likeness (QED) is 0.750. The van der Waals surface area contributed by atoms with E-state index in [2.05, 4.69) is 20.8 Å². The first-order chi connectivity index (χ1) is 8.38. The summed E-state index contributed by atoms with van der Waals surface area (Å²) in [4.78, 5) is 2.10. The highest BCUT2D eigenvalue weighted by molar-refractivity contribution is 9.10. The van der Waals surface area contributed by atoms with Crippen molar-refractivity contribution in [2.45, 2.75) is 12.6 Å². The van der Waals surface area contributed by atoms with E-state index in [1.165, 1.54) is 12.1 Å². The minimum Gasteiger partial charge on any atom is -0.302 e. The Morgan fingerprint density at radius 2 is 2.00 bits per heavy atom. The van der Waals surface area contributed by atoms with Crippen molar-refractivity contribution in [2.24, 2.45) is 0 Å². The van der Waals surface area contributed by atoms with Gasteiger partial charge in [0.25, 0.3) is 0 Å². The van der Waals surface area contributed by atoms with Gasteiger partial charge < -0.3 is 4.90 Å². The first-order valence-electron chi connectivity index (χ1n) is 5.62. The van der Waals surface area contributed by atoms with Crippen LogP contribution in [0.5, 0.6) is 0 Å². The Kier molecular flexibility index (Phi) is 3.82. The Morgan fingerprint density at radius 3 is 2.61 bits per heavy atom. The van der Waals surface area contributed by atoms with E-state index in [1.807, 2.05) is 13.1 Å². The number of hydrogen-bond acceptors (Lipinski definition) is 1. The maximum absolute atomic E-state index is 12.7. The van der Waals surface area contributed by atoms with Gasteiger partial charge in [0.1, 0.15) is 0 Å². The van der Waals surface area contributed by atoms with Crippen LogP contribution < -0.4 is 0 Å². The molecule has 0 saturated carbocycles. The predicted octanol–water partition coefficient (Wildman–Crippen LogP) is 4.19. The van der Waals surface area contributed by atoms with Crippen LogP contribution in [0.4, 0.5) is 13.2 Å². The van der Waals surface area contributed by atoms with E-state index in [-0.39, 0.29) is 0 Å². The molecule has 1 aliphatic heterocycles. The number of halogens is 4. The summed E-state index contributed by atoms with van der Waals surface area (Å²) in [6.07, 6.45) is -1.41. The minimum absolute atomic E-state index is 0.602. The van der Waals surface area contributed by atoms with Gasteiger partial charge in [0.15, 0.2) is 0 Å². The molecule has 0 aliphatic carbocycles. The lowest BCUT2D eigenvalue weighted by Gasteiger charge is -2.24. The van der Waals surface area contributed by atoms with Gasteiger partial charge in [0, 0.05) is 17.6 Å². The monoisotopic (exact) mass is 319 g/mol. The number of alkyl halides is 3. The summed E-state index contributed by atoms with van der Waals surface area (Å²) in [5.74, 6) is 0. The van der Waals surface area contributed by atoms with E-state index < -0.39 is 11.7 Å². The lowest BCUT2D eigenvalue weighted by atomic mass is 9.99. The zero-order valence-electron chi connectivity index (χ0n) is 9.89. The average molecular weight is 320 g/mol. The molecular formula is C13H13BrF3N. The molecule has 1 aromatic carbocycles. The van der Waals surface area contributed by atoms with Crippen LogP contribution in [0.3, 0.4) is 0 Å². The van der Waals surface area contributed by atoms with E-state index in [1.54, 1.807) is 0 Å². The second-order valence-electron chi connectivity index (χ2n) is 4.45. The second kappa shape index (κ2) is 5.05. The molecule has 0 saturated heterocycles. The molecule has 1 heterocycles. The molecule has 0 bridgehead atoms. The molecule has 2 rings (SSSR count). The molecule has 98 valence electrons. The van der Waals surface area contributed by atoms with Crippen LogP contribution >= 0.6 is 15.9 Å². The summed E-state index contributed by atoms with van der Waals surface area (Å²) in [7, 11) is 1.97. The van der Waals surface area contributed by atoms with Crippen LogP contribution in [0.25, 0.3) is 5.57 Å². The maximum atomic E-state index is 12.7. The molecule has 1 aliphatic rings. The molecule has 0 N–H and O–H groups in total. The van der Waals surface area contributed by atoms with Gasteiger partial charge >= 0.3 is 6.18 Å². The number of nitrogens with zero attached hydrogens (tertiary/aromatic N) is 1. The third kappa shape index (κ3) is 2.95. The fourth-order valence-corrected chi connectivity index (χ4v) is 2.54. The van der Waals surface area contributed by atoms with Gasteiger partial charge in [-0.3, -0.25) is 0 Å². The van der Waals surface area contributed by atoms with E-state index in [4.69, 9.17) is 0 Å². The Hall–Kier alpha value is -0.810. The predicted molar refractivity (Wildman–Crippen MR) is 69.2 cm³/mol. The summed E-state index contributed by atoms with van der Waals surface area (Å²) >= 11 is 3.33. The van der Waals surface area contributed by atoms with Crippen molar-refractivity contribution in [1.29, 1.82) is 0 Å². The van der Waals surface area contributed by atoms with Gasteiger partial charge in [-0.1, -0.05) is 22.0 Å². The molecule has 0 amide bonds. The molecule has 0 atom stereocenters. The highest BCUT2D eigenvalue weighted by Gasteiger charge is 2.31. The Bertz CT molecular complexity index is 480. The van der Waals surface area contributed by atoms with Gasteiger partial charge in [-0.2, -0.15) is 13.2 Å². The SMILES string of the molecule is CN1CCC=C(c2cc(C(F)(F)F)ccc2Br)C1. The van der Waals surface area contributed by atoms with E-state index in [0.717, 1.165) is 24.6 Å². The summed E-state index contributed by atoms with van der Waals surface area (Å²) in [5, 5.41) is 0. The van der Waals surface area contributed by atoms with Crippen LogP contribution in [0.2, 0.25) is 0 Å². The number of hydrogen-bond donors (Lipinski definition) is 0. The molecule has 0 radical (unpaired) electrons. The van der Waals surface area contributed by atoms with Crippen LogP contribution in [0, 0.1) is 0 Å². The molecule has 0 aromatic heterocycles. The van der Waals surface area contributed by atoms with Crippen molar-refractivity contribution >= 4 is 21.5 Å². The van der Waals surface area contributed by atoms with Crippen molar-refractivity contribution in [1.82, 2.24) is 4.90 Å². The molecule has 1 nitrogen and oxygen atoms in total. The van der Waals surface area contributed by atoms with Gasteiger partial charge in [-0.25, -0.2) is 0 Å². The number of benzene rings is 1. The van der Waals surface area contributed by atoms with Crippen LogP contribution in [0.15, 0.2) is 28.7 Å². The smallest absolute Gasteiger partial charge is 0.302 e. The maximum Gasteiger partial charge on any atom is 0.416 e. The third-order valence-electron chi connectivity index (χ3n) is 2.98. The second-order valence-corrected chi connectivity index (χ2v) is 5.30.